The average Bonchev–Trinajstić information content (AvgIpc) is 2.96. The highest BCUT2D eigenvalue weighted by atomic mass is 32.1. The number of nitrogens with zero attached hydrogens (tertiary/aromatic N) is 2. The molecule has 7 heteroatoms. The van der Waals surface area contributed by atoms with Crippen LogP contribution in [0.4, 0.5) is 0 Å². The van der Waals surface area contributed by atoms with Crippen LogP contribution in [0.1, 0.15) is 47.1 Å². The monoisotopic (exact) mass is 412 g/mol. The summed E-state index contributed by atoms with van der Waals surface area (Å²) in [5.41, 5.74) is 2.19. The molecule has 152 valence electrons. The van der Waals surface area contributed by atoms with Gasteiger partial charge in [0.25, 0.3) is 5.56 Å². The lowest BCUT2D eigenvalue weighted by atomic mass is 9.86. The van der Waals surface area contributed by atoms with Crippen molar-refractivity contribution < 1.29 is 14.3 Å². The lowest BCUT2D eigenvalue weighted by molar-refractivity contribution is -0.143. The molecule has 2 heterocycles. The molecule has 0 fully saturated rings. The minimum absolute atomic E-state index is 0.00418. The molecule has 1 aromatic carbocycles. The zero-order valence-corrected chi connectivity index (χ0v) is 18.1. The van der Waals surface area contributed by atoms with Crippen LogP contribution < -0.4 is 5.56 Å². The van der Waals surface area contributed by atoms with Gasteiger partial charge in [-0.1, -0.05) is 45.0 Å². The van der Waals surface area contributed by atoms with Crippen molar-refractivity contribution in [3.05, 3.63) is 62.5 Å². The zero-order chi connectivity index (χ0) is 21.3. The number of carbonyl (C=O) groups excluding carboxylic acids is 2. The number of thiophene rings is 1. The van der Waals surface area contributed by atoms with Crippen LogP contribution in [-0.2, 0) is 21.5 Å². The Morgan fingerprint density at radius 2 is 1.79 bits per heavy atom. The van der Waals surface area contributed by atoms with E-state index in [0.717, 1.165) is 16.0 Å². The second-order valence-electron chi connectivity index (χ2n) is 8.05. The van der Waals surface area contributed by atoms with Crippen LogP contribution in [-0.4, -0.2) is 27.9 Å². The molecular formula is C22H24N2O4S. The Labute approximate surface area is 173 Å². The van der Waals surface area contributed by atoms with E-state index in [1.807, 2.05) is 26.0 Å². The molecule has 0 amide bonds. The van der Waals surface area contributed by atoms with E-state index in [0.29, 0.717) is 15.8 Å². The number of ether oxygens (including phenoxy) is 1. The second kappa shape index (κ2) is 7.91. The first-order valence-corrected chi connectivity index (χ1v) is 10.1. The van der Waals surface area contributed by atoms with Gasteiger partial charge >= 0.3 is 5.97 Å². The summed E-state index contributed by atoms with van der Waals surface area (Å²) in [6, 6.07) is 7.28. The largest absolute Gasteiger partial charge is 0.456 e. The Morgan fingerprint density at radius 1 is 1.14 bits per heavy atom. The molecular weight excluding hydrogens is 388 g/mol. The highest BCUT2D eigenvalue weighted by Crippen LogP contribution is 2.25. The van der Waals surface area contributed by atoms with Crippen LogP contribution in [0.3, 0.4) is 0 Å². The number of benzene rings is 1. The van der Waals surface area contributed by atoms with Crippen molar-refractivity contribution in [3.63, 3.8) is 0 Å². The first kappa shape index (κ1) is 20.9. The molecule has 6 nitrogen and oxygen atoms in total. The molecule has 0 unspecified atom stereocenters. The summed E-state index contributed by atoms with van der Waals surface area (Å²) >= 11 is 1.45. The van der Waals surface area contributed by atoms with Crippen molar-refractivity contribution in [1.29, 1.82) is 0 Å². The fraction of sp³-hybridized carbons (Fsp3) is 0.364. The minimum Gasteiger partial charge on any atom is -0.456 e. The Hall–Kier alpha value is -2.80. The Balaban J connectivity index is 1.65. The van der Waals surface area contributed by atoms with Crippen LogP contribution in [0.2, 0.25) is 0 Å². The molecule has 0 N–H and O–H groups in total. The van der Waals surface area contributed by atoms with Gasteiger partial charge < -0.3 is 4.74 Å². The highest BCUT2D eigenvalue weighted by molar-refractivity contribution is 7.18. The van der Waals surface area contributed by atoms with Crippen molar-refractivity contribution in [2.45, 2.75) is 46.6 Å². The van der Waals surface area contributed by atoms with E-state index in [1.54, 1.807) is 12.1 Å². The number of hydrogen-bond donors (Lipinski definition) is 0. The van der Waals surface area contributed by atoms with Gasteiger partial charge in [-0.25, -0.2) is 4.98 Å². The maximum Gasteiger partial charge on any atom is 0.326 e. The molecule has 2 aromatic heterocycles. The quantitative estimate of drug-likeness (QED) is 0.470. The van der Waals surface area contributed by atoms with Gasteiger partial charge in [0.15, 0.2) is 12.4 Å². The maximum absolute atomic E-state index is 12.6. The fourth-order valence-corrected chi connectivity index (χ4v) is 3.94. The molecule has 0 spiro atoms. The summed E-state index contributed by atoms with van der Waals surface area (Å²) in [5, 5.41) is 0.526. The molecule has 0 bridgehead atoms. The van der Waals surface area contributed by atoms with E-state index in [1.165, 1.54) is 22.2 Å². The Bertz CT molecular complexity index is 1130. The first-order chi connectivity index (χ1) is 13.6. The maximum atomic E-state index is 12.6. The third kappa shape index (κ3) is 4.45. The van der Waals surface area contributed by atoms with Crippen molar-refractivity contribution in [2.24, 2.45) is 0 Å². The van der Waals surface area contributed by atoms with Crippen LogP contribution in [0.15, 0.2) is 35.4 Å². The standard InChI is InChI=1S/C22H24N2O4S/c1-13-14(2)29-20-19(13)21(27)24(12-23-20)10-18(26)28-11-17(25)15-6-8-16(9-7-15)22(3,4)5/h6-9,12H,10-11H2,1-5H3. The van der Waals surface area contributed by atoms with E-state index >= 15 is 0 Å². The van der Waals surface area contributed by atoms with Gasteiger partial charge in [-0.2, -0.15) is 0 Å². The normalized spacial score (nSPS) is 11.6. The topological polar surface area (TPSA) is 78.3 Å². The molecule has 0 saturated carbocycles. The zero-order valence-electron chi connectivity index (χ0n) is 17.2. The van der Waals surface area contributed by atoms with Gasteiger partial charge in [-0.15, -0.1) is 11.3 Å². The Morgan fingerprint density at radius 3 is 2.41 bits per heavy atom. The number of fused-ring (bicyclic) bond motifs is 1. The molecule has 0 atom stereocenters. The summed E-state index contributed by atoms with van der Waals surface area (Å²) in [6.07, 6.45) is 1.34. The van der Waals surface area contributed by atoms with Gasteiger partial charge in [0.1, 0.15) is 11.4 Å². The lowest BCUT2D eigenvalue weighted by Crippen LogP contribution is -2.26. The predicted molar refractivity (Wildman–Crippen MR) is 114 cm³/mol. The summed E-state index contributed by atoms with van der Waals surface area (Å²) in [5.74, 6) is -0.943. The van der Waals surface area contributed by atoms with Crippen molar-refractivity contribution in [3.8, 4) is 0 Å². The van der Waals surface area contributed by atoms with Gasteiger partial charge in [0.05, 0.1) is 11.7 Å². The molecule has 0 radical (unpaired) electrons. The van der Waals surface area contributed by atoms with Crippen LogP contribution in [0.5, 0.6) is 0 Å². The van der Waals surface area contributed by atoms with Gasteiger partial charge in [-0.3, -0.25) is 19.0 Å². The first-order valence-electron chi connectivity index (χ1n) is 9.32. The Kier molecular flexibility index (Phi) is 5.71. The lowest BCUT2D eigenvalue weighted by Gasteiger charge is -2.18. The fourth-order valence-electron chi connectivity index (χ4n) is 2.95. The number of carbonyl (C=O) groups is 2. The number of Topliss-reactive ketones (excluding diaryl/α,β-unsaturated/α-hetero) is 1. The molecule has 0 aliphatic heterocycles. The van der Waals surface area contributed by atoms with E-state index in [-0.39, 0.29) is 29.9 Å². The highest BCUT2D eigenvalue weighted by Gasteiger charge is 2.17. The third-order valence-corrected chi connectivity index (χ3v) is 6.01. The van der Waals surface area contributed by atoms with E-state index < -0.39 is 5.97 Å². The van der Waals surface area contributed by atoms with Crippen LogP contribution in [0.25, 0.3) is 10.2 Å². The number of esters is 1. The SMILES string of the molecule is Cc1sc2ncn(CC(=O)OCC(=O)c3ccc(C(C)(C)C)cc3)c(=O)c2c1C. The van der Waals surface area contributed by atoms with Crippen molar-refractivity contribution in [2.75, 3.05) is 6.61 Å². The van der Waals surface area contributed by atoms with Gasteiger partial charge in [0, 0.05) is 10.4 Å². The smallest absolute Gasteiger partial charge is 0.326 e. The number of ketones is 1. The summed E-state index contributed by atoms with van der Waals surface area (Å²) in [7, 11) is 0. The summed E-state index contributed by atoms with van der Waals surface area (Å²) in [6.45, 7) is 9.43. The molecule has 0 aliphatic rings. The van der Waals surface area contributed by atoms with Crippen LogP contribution in [0, 0.1) is 13.8 Å². The number of aryl methyl sites for hydroxylation is 2. The van der Waals surface area contributed by atoms with E-state index in [9.17, 15) is 14.4 Å². The second-order valence-corrected chi connectivity index (χ2v) is 9.26. The van der Waals surface area contributed by atoms with Gasteiger partial charge in [-0.05, 0) is 30.4 Å². The van der Waals surface area contributed by atoms with E-state index in [4.69, 9.17) is 4.74 Å². The number of hydrogen-bond acceptors (Lipinski definition) is 6. The van der Waals surface area contributed by atoms with Crippen molar-refractivity contribution >= 4 is 33.3 Å². The average molecular weight is 413 g/mol. The third-order valence-electron chi connectivity index (χ3n) is 4.89. The van der Waals surface area contributed by atoms with Crippen molar-refractivity contribution in [1.82, 2.24) is 9.55 Å². The molecule has 3 aromatic rings. The van der Waals surface area contributed by atoms with Gasteiger partial charge in [0.2, 0.25) is 0 Å². The van der Waals surface area contributed by atoms with Crippen LogP contribution >= 0.6 is 11.3 Å². The van der Waals surface area contributed by atoms with E-state index in [2.05, 4.69) is 25.8 Å². The number of aromatic nitrogens is 2. The summed E-state index contributed by atoms with van der Waals surface area (Å²) in [4.78, 5) is 43.0. The number of rotatable bonds is 5. The minimum atomic E-state index is -0.655. The molecule has 3 rings (SSSR count). The molecule has 0 aliphatic carbocycles. The summed E-state index contributed by atoms with van der Waals surface area (Å²) < 4.78 is 6.30. The molecule has 29 heavy (non-hydrogen) atoms. The molecule has 0 saturated heterocycles. The predicted octanol–water partition coefficient (Wildman–Crippen LogP) is 3.80.